The number of hydrogen-bond acceptors (Lipinski definition) is 3. The van der Waals surface area contributed by atoms with E-state index in [1.165, 1.54) is 18.2 Å². The number of amides is 1. The molecule has 2 aromatic rings. The Labute approximate surface area is 158 Å². The van der Waals surface area contributed by atoms with E-state index in [9.17, 15) is 14.9 Å². The van der Waals surface area contributed by atoms with Crippen molar-refractivity contribution in [2.75, 3.05) is 13.1 Å². The number of hydrogen-bond donors (Lipinski definition) is 0. The standard InChI is InChI=1S/C20H21ClN2O3/c1-3-11-22(14-15(2)12-16-7-5-4-6-8-16)20(24)18-10-9-17(23(25)26)13-19(18)21/h4-10,12-13H,3,11,14H2,1-2H3/b15-12+. The van der Waals surface area contributed by atoms with Crippen LogP contribution < -0.4 is 0 Å². The number of carbonyl (C=O) groups is 1. The third-order valence-corrected chi connectivity index (χ3v) is 4.14. The Hall–Kier alpha value is -2.66. The van der Waals surface area contributed by atoms with E-state index in [2.05, 4.69) is 0 Å². The first-order chi connectivity index (χ1) is 12.4. The van der Waals surface area contributed by atoms with E-state index in [1.807, 2.05) is 50.3 Å². The van der Waals surface area contributed by atoms with Gasteiger partial charge in [-0.1, -0.05) is 60.5 Å². The van der Waals surface area contributed by atoms with Crippen molar-refractivity contribution in [2.45, 2.75) is 20.3 Å². The van der Waals surface area contributed by atoms with Gasteiger partial charge in [-0.05, 0) is 25.0 Å². The Kier molecular flexibility index (Phi) is 6.92. The monoisotopic (exact) mass is 372 g/mol. The molecule has 0 bridgehead atoms. The molecule has 0 aliphatic heterocycles. The van der Waals surface area contributed by atoms with Crippen LogP contribution in [0.4, 0.5) is 5.69 Å². The van der Waals surface area contributed by atoms with Gasteiger partial charge >= 0.3 is 0 Å². The van der Waals surface area contributed by atoms with Crippen molar-refractivity contribution in [1.29, 1.82) is 0 Å². The first-order valence-electron chi connectivity index (χ1n) is 8.37. The van der Waals surface area contributed by atoms with E-state index in [0.29, 0.717) is 13.1 Å². The molecule has 2 aromatic carbocycles. The molecule has 0 aliphatic carbocycles. The fourth-order valence-electron chi connectivity index (χ4n) is 2.66. The van der Waals surface area contributed by atoms with Crippen LogP contribution in [0.5, 0.6) is 0 Å². The molecule has 0 unspecified atom stereocenters. The van der Waals surface area contributed by atoms with Crippen molar-refractivity contribution in [3.8, 4) is 0 Å². The van der Waals surface area contributed by atoms with Crippen LogP contribution in [0.25, 0.3) is 6.08 Å². The minimum absolute atomic E-state index is 0.0926. The Bertz CT molecular complexity index is 819. The molecule has 0 N–H and O–H groups in total. The van der Waals surface area contributed by atoms with Crippen LogP contribution in [0.1, 0.15) is 36.2 Å². The lowest BCUT2D eigenvalue weighted by molar-refractivity contribution is -0.384. The molecule has 26 heavy (non-hydrogen) atoms. The smallest absolute Gasteiger partial charge is 0.270 e. The second kappa shape index (κ2) is 9.15. The molecular weight excluding hydrogens is 352 g/mol. The molecule has 0 aliphatic rings. The molecule has 1 amide bonds. The number of nitro groups is 1. The summed E-state index contributed by atoms with van der Waals surface area (Å²) in [7, 11) is 0. The second-order valence-corrected chi connectivity index (χ2v) is 6.46. The molecule has 0 radical (unpaired) electrons. The van der Waals surface area contributed by atoms with Crippen molar-refractivity contribution in [3.63, 3.8) is 0 Å². The van der Waals surface area contributed by atoms with Crippen LogP contribution in [0.15, 0.2) is 54.1 Å². The average Bonchev–Trinajstić information content (AvgIpc) is 2.61. The molecule has 0 aromatic heterocycles. The summed E-state index contributed by atoms with van der Waals surface area (Å²) in [4.78, 5) is 24.9. The summed E-state index contributed by atoms with van der Waals surface area (Å²) < 4.78 is 0. The van der Waals surface area contributed by atoms with E-state index in [4.69, 9.17) is 11.6 Å². The molecule has 136 valence electrons. The molecular formula is C20H21ClN2O3. The van der Waals surface area contributed by atoms with Crippen LogP contribution in [-0.4, -0.2) is 28.8 Å². The zero-order valence-electron chi connectivity index (χ0n) is 14.8. The zero-order chi connectivity index (χ0) is 19.1. The van der Waals surface area contributed by atoms with Crippen molar-refractivity contribution in [3.05, 3.63) is 80.4 Å². The molecule has 0 fully saturated rings. The summed E-state index contributed by atoms with van der Waals surface area (Å²) in [5.74, 6) is -0.229. The average molecular weight is 373 g/mol. The maximum absolute atomic E-state index is 12.9. The molecule has 6 heteroatoms. The summed E-state index contributed by atoms with van der Waals surface area (Å²) in [6, 6.07) is 13.8. The third-order valence-electron chi connectivity index (χ3n) is 3.83. The van der Waals surface area contributed by atoms with Crippen LogP contribution in [-0.2, 0) is 0 Å². The highest BCUT2D eigenvalue weighted by Gasteiger charge is 2.20. The van der Waals surface area contributed by atoms with Gasteiger partial charge in [-0.3, -0.25) is 14.9 Å². The number of halogens is 1. The predicted molar refractivity (Wildman–Crippen MR) is 104 cm³/mol. The summed E-state index contributed by atoms with van der Waals surface area (Å²) >= 11 is 6.11. The number of carbonyl (C=O) groups excluding carboxylic acids is 1. The Balaban J connectivity index is 2.22. The lowest BCUT2D eigenvalue weighted by Gasteiger charge is -2.23. The van der Waals surface area contributed by atoms with Crippen molar-refractivity contribution < 1.29 is 9.72 Å². The first kappa shape index (κ1) is 19.7. The van der Waals surface area contributed by atoms with Crippen LogP contribution in [0.3, 0.4) is 0 Å². The van der Waals surface area contributed by atoms with E-state index in [-0.39, 0.29) is 22.2 Å². The van der Waals surface area contributed by atoms with Gasteiger partial charge in [0.25, 0.3) is 11.6 Å². The number of benzene rings is 2. The Morgan fingerprint density at radius 3 is 2.50 bits per heavy atom. The van der Waals surface area contributed by atoms with Gasteiger partial charge in [-0.2, -0.15) is 0 Å². The molecule has 0 spiro atoms. The molecule has 0 heterocycles. The first-order valence-corrected chi connectivity index (χ1v) is 8.75. The lowest BCUT2D eigenvalue weighted by atomic mass is 10.1. The zero-order valence-corrected chi connectivity index (χ0v) is 15.6. The van der Waals surface area contributed by atoms with Gasteiger partial charge in [0.1, 0.15) is 0 Å². The van der Waals surface area contributed by atoms with Crippen molar-refractivity contribution in [2.24, 2.45) is 0 Å². The van der Waals surface area contributed by atoms with Gasteiger partial charge < -0.3 is 4.90 Å². The van der Waals surface area contributed by atoms with Gasteiger partial charge in [0.15, 0.2) is 0 Å². The van der Waals surface area contributed by atoms with E-state index in [0.717, 1.165) is 17.6 Å². The SMILES string of the molecule is CCCN(C/C(C)=C/c1ccccc1)C(=O)c1ccc([N+](=O)[O-])cc1Cl. The number of rotatable bonds is 7. The van der Waals surface area contributed by atoms with E-state index < -0.39 is 4.92 Å². The van der Waals surface area contributed by atoms with Crippen molar-refractivity contribution in [1.82, 2.24) is 4.90 Å². The van der Waals surface area contributed by atoms with E-state index >= 15 is 0 Å². The van der Waals surface area contributed by atoms with Crippen LogP contribution in [0, 0.1) is 10.1 Å². The summed E-state index contributed by atoms with van der Waals surface area (Å²) in [6.07, 6.45) is 2.84. The van der Waals surface area contributed by atoms with Gasteiger partial charge in [-0.15, -0.1) is 0 Å². The maximum Gasteiger partial charge on any atom is 0.270 e. The quantitative estimate of drug-likeness (QED) is 0.495. The largest absolute Gasteiger partial charge is 0.335 e. The highest BCUT2D eigenvalue weighted by Crippen LogP contribution is 2.24. The predicted octanol–water partition coefficient (Wildman–Crippen LogP) is 5.20. The molecule has 0 saturated carbocycles. The van der Waals surface area contributed by atoms with Crippen LogP contribution >= 0.6 is 11.6 Å². The van der Waals surface area contributed by atoms with Crippen LogP contribution in [0.2, 0.25) is 5.02 Å². The lowest BCUT2D eigenvalue weighted by Crippen LogP contribution is -2.33. The summed E-state index contributed by atoms with van der Waals surface area (Å²) in [5.41, 5.74) is 2.25. The highest BCUT2D eigenvalue weighted by molar-refractivity contribution is 6.34. The number of non-ortho nitro benzene ring substituents is 1. The maximum atomic E-state index is 12.9. The highest BCUT2D eigenvalue weighted by atomic mass is 35.5. The topological polar surface area (TPSA) is 63.5 Å². The molecule has 0 saturated heterocycles. The summed E-state index contributed by atoms with van der Waals surface area (Å²) in [6.45, 7) is 5.01. The summed E-state index contributed by atoms with van der Waals surface area (Å²) in [5, 5.41) is 10.9. The number of nitro benzene ring substituents is 1. The molecule has 2 rings (SSSR count). The molecule has 0 atom stereocenters. The molecule has 5 nitrogen and oxygen atoms in total. The Morgan fingerprint density at radius 1 is 1.23 bits per heavy atom. The minimum Gasteiger partial charge on any atom is -0.335 e. The normalized spacial score (nSPS) is 11.3. The van der Waals surface area contributed by atoms with Gasteiger partial charge in [0.05, 0.1) is 15.5 Å². The fourth-order valence-corrected chi connectivity index (χ4v) is 2.92. The fraction of sp³-hybridized carbons (Fsp3) is 0.250. The Morgan fingerprint density at radius 2 is 1.92 bits per heavy atom. The van der Waals surface area contributed by atoms with Gasteiger partial charge in [-0.25, -0.2) is 0 Å². The second-order valence-electron chi connectivity index (χ2n) is 6.05. The van der Waals surface area contributed by atoms with Gasteiger partial charge in [0, 0.05) is 25.2 Å². The number of nitrogens with zero attached hydrogens (tertiary/aromatic N) is 2. The van der Waals surface area contributed by atoms with Crippen molar-refractivity contribution >= 4 is 29.3 Å². The third kappa shape index (κ3) is 5.17. The minimum atomic E-state index is -0.531. The van der Waals surface area contributed by atoms with E-state index in [1.54, 1.807) is 4.90 Å². The van der Waals surface area contributed by atoms with Gasteiger partial charge in [0.2, 0.25) is 0 Å².